The lowest BCUT2D eigenvalue weighted by Crippen LogP contribution is -2.55. The van der Waals surface area contributed by atoms with Crippen LogP contribution in [0, 0.1) is 0 Å². The maximum absolute atomic E-state index is 12.8. The minimum absolute atomic E-state index is 0.105. The smallest absolute Gasteiger partial charge is 0.255 e. The Bertz CT molecular complexity index is 822. The molecular formula is C18H25ClN6O3S. The number of nitrogens with one attached hydrogen (secondary N) is 2. The van der Waals surface area contributed by atoms with Crippen molar-refractivity contribution < 1.29 is 14.3 Å². The second-order valence-electron chi connectivity index (χ2n) is 6.66. The lowest BCUT2D eigenvalue weighted by atomic mass is 10.0. The van der Waals surface area contributed by atoms with Gasteiger partial charge in [0.2, 0.25) is 0 Å². The highest BCUT2D eigenvalue weighted by atomic mass is 35.5. The van der Waals surface area contributed by atoms with Crippen LogP contribution in [0.3, 0.4) is 0 Å². The van der Waals surface area contributed by atoms with Crippen molar-refractivity contribution >= 4 is 35.0 Å². The summed E-state index contributed by atoms with van der Waals surface area (Å²) in [6.07, 6.45) is 2.17. The summed E-state index contributed by atoms with van der Waals surface area (Å²) in [5, 5.41) is 10.9. The molecule has 2 aromatic rings. The number of ether oxygens (including phenoxy) is 2. The predicted octanol–water partition coefficient (Wildman–Crippen LogP) is 1.66. The van der Waals surface area contributed by atoms with Gasteiger partial charge in [-0.3, -0.25) is 14.8 Å². The second kappa shape index (κ2) is 10.1. The van der Waals surface area contributed by atoms with Crippen molar-refractivity contribution in [3.05, 3.63) is 29.0 Å². The Kier molecular flexibility index (Phi) is 7.59. The highest BCUT2D eigenvalue weighted by Crippen LogP contribution is 2.29. The van der Waals surface area contributed by atoms with E-state index in [0.717, 1.165) is 37.0 Å². The zero-order valence-electron chi connectivity index (χ0n) is 16.4. The fraction of sp³-hybridized carbons (Fsp3) is 0.500. The van der Waals surface area contributed by atoms with Crippen molar-refractivity contribution in [2.75, 3.05) is 45.3 Å². The van der Waals surface area contributed by atoms with Crippen LogP contribution in [0.2, 0.25) is 5.02 Å². The number of benzene rings is 1. The number of halogens is 1. The summed E-state index contributed by atoms with van der Waals surface area (Å²) in [6.45, 7) is 2.49. The van der Waals surface area contributed by atoms with E-state index in [1.54, 1.807) is 24.9 Å². The number of likely N-dealkylation sites (tertiary alicyclic amines) is 1. The Morgan fingerprint density at radius 2 is 2.31 bits per heavy atom. The number of nitrogens with zero attached hydrogens (tertiary/aromatic N) is 3. The van der Waals surface area contributed by atoms with Gasteiger partial charge >= 0.3 is 0 Å². The van der Waals surface area contributed by atoms with Gasteiger partial charge in [0.15, 0.2) is 5.16 Å². The van der Waals surface area contributed by atoms with E-state index < -0.39 is 0 Å². The van der Waals surface area contributed by atoms with Gasteiger partial charge in [-0.1, -0.05) is 23.4 Å². The number of amides is 1. The topological polar surface area (TPSA) is 118 Å². The molecule has 0 saturated carbocycles. The van der Waals surface area contributed by atoms with E-state index in [2.05, 4.69) is 25.4 Å². The summed E-state index contributed by atoms with van der Waals surface area (Å²) in [5.74, 6) is 1.02. The van der Waals surface area contributed by atoms with Crippen LogP contribution in [0.1, 0.15) is 16.8 Å². The number of anilines is 1. The molecule has 1 aromatic carbocycles. The summed E-state index contributed by atoms with van der Waals surface area (Å²) in [7, 11) is 3.16. The summed E-state index contributed by atoms with van der Waals surface area (Å²) in [4.78, 5) is 19.3. The Morgan fingerprint density at radius 3 is 3.00 bits per heavy atom. The number of hydrogen-bond acceptors (Lipinski definition) is 8. The molecule has 2 heterocycles. The molecule has 3 rings (SSSR count). The van der Waals surface area contributed by atoms with Crippen molar-refractivity contribution in [1.82, 2.24) is 25.4 Å². The van der Waals surface area contributed by atoms with Crippen LogP contribution in [0.5, 0.6) is 5.75 Å². The van der Waals surface area contributed by atoms with Gasteiger partial charge in [0.1, 0.15) is 12.1 Å². The van der Waals surface area contributed by atoms with E-state index in [9.17, 15) is 4.79 Å². The van der Waals surface area contributed by atoms with Gasteiger partial charge in [-0.25, -0.2) is 4.98 Å². The molecule has 1 aromatic heterocycles. The first kappa shape index (κ1) is 21.7. The molecule has 158 valence electrons. The molecule has 1 aliphatic heterocycles. The Balaban J connectivity index is 1.56. The number of hydrogen-bond donors (Lipinski definition) is 3. The molecule has 11 heteroatoms. The minimum atomic E-state index is -0.259. The second-order valence-corrected chi connectivity index (χ2v) is 8.15. The highest BCUT2D eigenvalue weighted by molar-refractivity contribution is 7.99. The van der Waals surface area contributed by atoms with Crippen molar-refractivity contribution in [2.45, 2.75) is 23.7 Å². The normalized spacial score (nSPS) is 19.8. The third-order valence-electron chi connectivity index (χ3n) is 4.87. The maximum atomic E-state index is 12.8. The molecule has 9 nitrogen and oxygen atoms in total. The molecule has 0 bridgehead atoms. The number of H-pyrrole nitrogens is 1. The average molecular weight is 441 g/mol. The van der Waals surface area contributed by atoms with Crippen molar-refractivity contribution in [3.63, 3.8) is 0 Å². The zero-order chi connectivity index (χ0) is 20.8. The van der Waals surface area contributed by atoms with Gasteiger partial charge in [-0.05, 0) is 12.5 Å². The first-order valence-corrected chi connectivity index (χ1v) is 10.5. The monoisotopic (exact) mass is 440 g/mol. The van der Waals surface area contributed by atoms with E-state index in [-0.39, 0.29) is 18.1 Å². The Morgan fingerprint density at radius 1 is 1.48 bits per heavy atom. The van der Waals surface area contributed by atoms with Crippen LogP contribution in [0.25, 0.3) is 0 Å². The summed E-state index contributed by atoms with van der Waals surface area (Å²) in [5.41, 5.74) is 6.52. The van der Waals surface area contributed by atoms with Crippen LogP contribution in [-0.4, -0.2) is 77.7 Å². The molecule has 1 aliphatic rings. The molecule has 1 fully saturated rings. The molecular weight excluding hydrogens is 416 g/mol. The van der Waals surface area contributed by atoms with Crippen LogP contribution < -0.4 is 15.8 Å². The number of rotatable bonds is 8. The fourth-order valence-electron chi connectivity index (χ4n) is 3.28. The molecule has 4 N–H and O–H groups in total. The van der Waals surface area contributed by atoms with E-state index in [0.29, 0.717) is 22.0 Å². The summed E-state index contributed by atoms with van der Waals surface area (Å²) < 4.78 is 10.9. The van der Waals surface area contributed by atoms with Crippen LogP contribution in [0.4, 0.5) is 5.69 Å². The SMILES string of the molecule is COc1cc(N)c(Cl)cc1C(=O)N[C@H]1CCN(CCSc2ncn[nH]2)C[C@H]1OC. The van der Waals surface area contributed by atoms with Crippen LogP contribution in [0.15, 0.2) is 23.6 Å². The molecule has 29 heavy (non-hydrogen) atoms. The van der Waals surface area contributed by atoms with Crippen molar-refractivity contribution in [3.8, 4) is 5.75 Å². The third-order valence-corrected chi connectivity index (χ3v) is 6.05. The number of carbonyl (C=O) groups excluding carboxylic acids is 1. The summed E-state index contributed by atoms with van der Waals surface area (Å²) >= 11 is 7.71. The van der Waals surface area contributed by atoms with Crippen LogP contribution >= 0.6 is 23.4 Å². The summed E-state index contributed by atoms with van der Waals surface area (Å²) in [6, 6.07) is 2.98. The largest absolute Gasteiger partial charge is 0.496 e. The number of carbonyl (C=O) groups is 1. The first-order chi connectivity index (χ1) is 14.0. The average Bonchev–Trinajstić information content (AvgIpc) is 3.24. The number of thioether (sulfide) groups is 1. The Labute approximate surface area is 178 Å². The number of piperidine rings is 1. The van der Waals surface area contributed by atoms with Gasteiger partial charge in [-0.2, -0.15) is 5.10 Å². The molecule has 1 amide bonds. The number of aromatic nitrogens is 3. The first-order valence-electron chi connectivity index (χ1n) is 9.19. The molecule has 0 spiro atoms. The highest BCUT2D eigenvalue weighted by Gasteiger charge is 2.31. The lowest BCUT2D eigenvalue weighted by Gasteiger charge is -2.38. The molecule has 1 saturated heterocycles. The minimum Gasteiger partial charge on any atom is -0.496 e. The molecule has 0 aliphatic carbocycles. The molecule has 0 unspecified atom stereocenters. The van der Waals surface area contributed by atoms with Crippen molar-refractivity contribution in [2.24, 2.45) is 0 Å². The van der Waals surface area contributed by atoms with E-state index in [1.807, 2.05) is 0 Å². The van der Waals surface area contributed by atoms with Gasteiger partial charge in [0, 0.05) is 38.6 Å². The van der Waals surface area contributed by atoms with Crippen LogP contribution in [-0.2, 0) is 4.74 Å². The van der Waals surface area contributed by atoms with Gasteiger partial charge < -0.3 is 20.5 Å². The van der Waals surface area contributed by atoms with Gasteiger partial charge in [-0.15, -0.1) is 0 Å². The number of methoxy groups -OCH3 is 2. The predicted molar refractivity (Wildman–Crippen MR) is 113 cm³/mol. The Hall–Kier alpha value is -2.01. The fourth-order valence-corrected chi connectivity index (χ4v) is 4.23. The lowest BCUT2D eigenvalue weighted by molar-refractivity contribution is 0.00833. The zero-order valence-corrected chi connectivity index (χ0v) is 17.9. The van der Waals surface area contributed by atoms with E-state index in [1.165, 1.54) is 19.5 Å². The van der Waals surface area contributed by atoms with E-state index >= 15 is 0 Å². The number of nitrogens with two attached hydrogens (primary N) is 1. The van der Waals surface area contributed by atoms with Gasteiger partial charge in [0.05, 0.1) is 35.5 Å². The maximum Gasteiger partial charge on any atom is 0.255 e. The van der Waals surface area contributed by atoms with Gasteiger partial charge in [0.25, 0.3) is 5.91 Å². The quantitative estimate of drug-likeness (QED) is 0.419. The number of aromatic amines is 1. The van der Waals surface area contributed by atoms with E-state index in [4.69, 9.17) is 26.8 Å². The number of nitrogen functional groups attached to an aromatic ring is 1. The standard InChI is InChI=1S/C18H25ClN6O3S/c1-27-15-8-13(20)12(19)7-11(15)17(26)23-14-3-4-25(9-16(14)28-2)5-6-29-18-21-10-22-24-18/h7-8,10,14,16H,3-6,9,20H2,1-2H3,(H,23,26)(H,21,22,24)/t14-,16+/m0/s1. The molecule has 2 atom stereocenters. The van der Waals surface area contributed by atoms with Crippen molar-refractivity contribution in [1.29, 1.82) is 0 Å². The third kappa shape index (κ3) is 5.53. The molecule has 0 radical (unpaired) electrons.